The molecule has 2 aromatic heterocycles. The third-order valence-corrected chi connectivity index (χ3v) is 7.62. The predicted molar refractivity (Wildman–Crippen MR) is 136 cm³/mol. The van der Waals surface area contributed by atoms with Gasteiger partial charge < -0.3 is 9.84 Å². The lowest BCUT2D eigenvalue weighted by molar-refractivity contribution is -0.132. The van der Waals surface area contributed by atoms with Crippen molar-refractivity contribution >= 4 is 55.5 Å². The van der Waals surface area contributed by atoms with Gasteiger partial charge in [-0.1, -0.05) is 42.9 Å². The van der Waals surface area contributed by atoms with Crippen LogP contribution in [0, 0.1) is 5.82 Å². The maximum atomic E-state index is 13.7. The molecule has 178 valence electrons. The molecule has 1 unspecified atom stereocenters. The standard InChI is InChI=1S/C26H21FN2O4S2/c1-2-3-11-33-17-7-4-6-15(13-17)23(30)21-22(19-8-5-12-34-19)29(25(32)24(21)31)26-28-18-10-9-16(27)14-20(18)35-26/h4-10,12-14,22,30H,2-3,11H2,1H3/b23-21+. The highest BCUT2D eigenvalue weighted by molar-refractivity contribution is 7.22. The molecule has 0 radical (unpaired) electrons. The minimum Gasteiger partial charge on any atom is -0.507 e. The summed E-state index contributed by atoms with van der Waals surface area (Å²) in [5.74, 6) is -1.72. The molecule has 0 saturated carbocycles. The zero-order valence-corrected chi connectivity index (χ0v) is 20.4. The minimum absolute atomic E-state index is 0.0198. The van der Waals surface area contributed by atoms with Gasteiger partial charge in [-0.15, -0.1) is 11.3 Å². The number of nitrogens with zero attached hydrogens (tertiary/aromatic N) is 2. The third kappa shape index (κ3) is 4.33. The van der Waals surface area contributed by atoms with E-state index in [4.69, 9.17) is 4.74 Å². The van der Waals surface area contributed by atoms with Gasteiger partial charge in [-0.05, 0) is 48.2 Å². The number of amides is 1. The molecule has 0 aliphatic carbocycles. The van der Waals surface area contributed by atoms with Gasteiger partial charge >= 0.3 is 5.91 Å². The Morgan fingerprint density at radius 1 is 1.17 bits per heavy atom. The number of halogens is 1. The Labute approximate surface area is 208 Å². The molecule has 0 spiro atoms. The molecule has 1 atom stereocenters. The van der Waals surface area contributed by atoms with Crippen LogP contribution in [0.2, 0.25) is 0 Å². The number of aliphatic hydroxyl groups excluding tert-OH is 1. The molecule has 4 aromatic rings. The van der Waals surface area contributed by atoms with Crippen LogP contribution in [0.15, 0.2) is 65.6 Å². The fourth-order valence-corrected chi connectivity index (χ4v) is 5.80. The van der Waals surface area contributed by atoms with Crippen molar-refractivity contribution in [3.05, 3.63) is 81.8 Å². The quantitative estimate of drug-likeness (QED) is 0.137. The average Bonchev–Trinajstić information content (AvgIpc) is 3.58. The molecule has 1 saturated heterocycles. The van der Waals surface area contributed by atoms with Crippen molar-refractivity contribution in [2.24, 2.45) is 0 Å². The summed E-state index contributed by atoms with van der Waals surface area (Å²) in [7, 11) is 0. The van der Waals surface area contributed by atoms with E-state index in [1.807, 2.05) is 11.4 Å². The van der Waals surface area contributed by atoms with Gasteiger partial charge in [0, 0.05) is 10.4 Å². The molecule has 0 bridgehead atoms. The molecule has 1 N–H and O–H groups in total. The molecule has 6 nitrogen and oxygen atoms in total. The Kier molecular flexibility index (Phi) is 6.36. The number of fused-ring (bicyclic) bond motifs is 1. The summed E-state index contributed by atoms with van der Waals surface area (Å²) in [6, 6.07) is 13.8. The SMILES string of the molecule is CCCCOc1cccc(/C(O)=C2\C(=O)C(=O)N(c3nc4ccc(F)cc4s3)C2c2cccs2)c1. The number of thiophene rings is 1. The van der Waals surface area contributed by atoms with Crippen molar-refractivity contribution in [2.75, 3.05) is 11.5 Å². The molecule has 1 aliphatic heterocycles. The van der Waals surface area contributed by atoms with Gasteiger partial charge in [0.25, 0.3) is 5.78 Å². The number of ketones is 1. The van der Waals surface area contributed by atoms with Crippen LogP contribution in [0.5, 0.6) is 5.75 Å². The van der Waals surface area contributed by atoms with Crippen molar-refractivity contribution in [1.29, 1.82) is 0 Å². The Morgan fingerprint density at radius 3 is 2.80 bits per heavy atom. The molecule has 3 heterocycles. The molecular formula is C26H21FN2O4S2. The number of rotatable bonds is 7. The van der Waals surface area contributed by atoms with Crippen LogP contribution < -0.4 is 9.64 Å². The predicted octanol–water partition coefficient (Wildman–Crippen LogP) is 6.30. The molecule has 1 aliphatic rings. The van der Waals surface area contributed by atoms with Gasteiger partial charge in [0.05, 0.1) is 22.4 Å². The monoisotopic (exact) mass is 508 g/mol. The van der Waals surface area contributed by atoms with E-state index in [9.17, 15) is 19.1 Å². The summed E-state index contributed by atoms with van der Waals surface area (Å²) in [6.45, 7) is 2.61. The first-order chi connectivity index (χ1) is 17.0. The number of aliphatic hydroxyl groups is 1. The second-order valence-electron chi connectivity index (χ2n) is 8.02. The van der Waals surface area contributed by atoms with Gasteiger partial charge in [-0.2, -0.15) is 0 Å². The summed E-state index contributed by atoms with van der Waals surface area (Å²) in [4.78, 5) is 33.0. The average molecular weight is 509 g/mol. The van der Waals surface area contributed by atoms with E-state index in [1.165, 1.54) is 34.4 Å². The minimum atomic E-state index is -0.856. The summed E-state index contributed by atoms with van der Waals surface area (Å²) in [6.07, 6.45) is 1.88. The lowest BCUT2D eigenvalue weighted by atomic mass is 10.00. The first-order valence-electron chi connectivity index (χ1n) is 11.1. The zero-order valence-electron chi connectivity index (χ0n) is 18.7. The molecule has 9 heteroatoms. The van der Waals surface area contributed by atoms with Gasteiger partial charge in [0.15, 0.2) is 5.13 Å². The molecule has 35 heavy (non-hydrogen) atoms. The third-order valence-electron chi connectivity index (χ3n) is 5.68. The number of benzene rings is 2. The number of ether oxygens (including phenoxy) is 1. The van der Waals surface area contributed by atoms with Crippen LogP contribution in [0.4, 0.5) is 9.52 Å². The molecule has 2 aromatic carbocycles. The first-order valence-corrected chi connectivity index (χ1v) is 12.8. The number of thiazole rings is 1. The number of carbonyl (C=O) groups excluding carboxylic acids is 2. The van der Waals surface area contributed by atoms with Crippen molar-refractivity contribution in [1.82, 2.24) is 4.98 Å². The van der Waals surface area contributed by atoms with Crippen LogP contribution in [0.1, 0.15) is 36.2 Å². The number of Topliss-reactive ketones (excluding diaryl/α,β-unsaturated/α-hetero) is 1. The second-order valence-corrected chi connectivity index (χ2v) is 10.0. The lowest BCUT2D eigenvalue weighted by Crippen LogP contribution is -2.28. The normalized spacial score (nSPS) is 17.4. The fraction of sp³-hybridized carbons (Fsp3) is 0.192. The lowest BCUT2D eigenvalue weighted by Gasteiger charge is -2.21. The number of hydrogen-bond acceptors (Lipinski definition) is 7. The maximum absolute atomic E-state index is 13.7. The molecular weight excluding hydrogens is 487 g/mol. The Hall–Kier alpha value is -3.56. The Morgan fingerprint density at radius 2 is 2.03 bits per heavy atom. The van der Waals surface area contributed by atoms with E-state index in [-0.39, 0.29) is 16.5 Å². The van der Waals surface area contributed by atoms with Crippen molar-refractivity contribution in [2.45, 2.75) is 25.8 Å². The summed E-state index contributed by atoms with van der Waals surface area (Å²) in [5.41, 5.74) is 0.883. The van der Waals surface area contributed by atoms with Crippen molar-refractivity contribution in [3.63, 3.8) is 0 Å². The number of unbranched alkanes of at least 4 members (excludes halogenated alkanes) is 1. The second kappa shape index (κ2) is 9.59. The van der Waals surface area contributed by atoms with E-state index >= 15 is 0 Å². The van der Waals surface area contributed by atoms with E-state index < -0.39 is 23.5 Å². The first kappa shape index (κ1) is 23.2. The highest BCUT2D eigenvalue weighted by Gasteiger charge is 2.48. The highest BCUT2D eigenvalue weighted by Crippen LogP contribution is 2.45. The number of anilines is 1. The Balaban J connectivity index is 1.61. The van der Waals surface area contributed by atoms with Gasteiger partial charge in [-0.3, -0.25) is 14.5 Å². The van der Waals surface area contributed by atoms with Gasteiger partial charge in [-0.25, -0.2) is 9.37 Å². The van der Waals surface area contributed by atoms with Gasteiger partial charge in [0.2, 0.25) is 0 Å². The Bertz CT molecular complexity index is 1440. The van der Waals surface area contributed by atoms with Crippen molar-refractivity contribution in [3.8, 4) is 5.75 Å². The van der Waals surface area contributed by atoms with Crippen molar-refractivity contribution < 1.29 is 23.8 Å². The summed E-state index contributed by atoms with van der Waals surface area (Å²) >= 11 is 2.49. The van der Waals surface area contributed by atoms with E-state index in [2.05, 4.69) is 11.9 Å². The number of aromatic nitrogens is 1. The summed E-state index contributed by atoms with van der Waals surface area (Å²) < 4.78 is 20.0. The van der Waals surface area contributed by atoms with E-state index in [1.54, 1.807) is 30.3 Å². The van der Waals surface area contributed by atoms with E-state index in [0.29, 0.717) is 33.0 Å². The number of hydrogen-bond donors (Lipinski definition) is 1. The maximum Gasteiger partial charge on any atom is 0.301 e. The van der Waals surface area contributed by atoms with Crippen LogP contribution in [0.25, 0.3) is 16.0 Å². The zero-order chi connectivity index (χ0) is 24.5. The smallest absolute Gasteiger partial charge is 0.301 e. The van der Waals surface area contributed by atoms with Crippen LogP contribution >= 0.6 is 22.7 Å². The highest BCUT2D eigenvalue weighted by atomic mass is 32.1. The molecule has 1 amide bonds. The fourth-order valence-electron chi connectivity index (χ4n) is 3.96. The summed E-state index contributed by atoms with van der Waals surface area (Å²) in [5, 5.41) is 13.4. The largest absolute Gasteiger partial charge is 0.507 e. The van der Waals surface area contributed by atoms with Crippen LogP contribution in [0.3, 0.4) is 0 Å². The topological polar surface area (TPSA) is 79.7 Å². The van der Waals surface area contributed by atoms with E-state index in [0.717, 1.165) is 24.2 Å². The molecule has 1 fully saturated rings. The molecule has 5 rings (SSSR count). The van der Waals surface area contributed by atoms with Gasteiger partial charge in [0.1, 0.15) is 23.4 Å². The van der Waals surface area contributed by atoms with Crippen LogP contribution in [-0.4, -0.2) is 28.4 Å². The number of carbonyl (C=O) groups is 2. The van der Waals surface area contributed by atoms with Crippen LogP contribution in [-0.2, 0) is 9.59 Å².